The molecule has 0 saturated heterocycles. The maximum atomic E-state index is 10.4. The molecular formula is C12H26O2S2. The number of hydrogen-bond acceptors (Lipinski definition) is 3. The lowest BCUT2D eigenvalue weighted by molar-refractivity contribution is 0.340. The van der Waals surface area contributed by atoms with E-state index in [1.54, 1.807) is 0 Å². The number of unbranched alkanes of at least 4 members (excludes halogenated alkanes) is 9. The molecule has 0 N–H and O–H groups in total. The zero-order chi connectivity index (χ0) is 12.1. The van der Waals surface area contributed by atoms with E-state index >= 15 is 0 Å². The molecule has 2 nitrogen and oxygen atoms in total. The van der Waals surface area contributed by atoms with Crippen molar-refractivity contribution in [1.29, 1.82) is 0 Å². The van der Waals surface area contributed by atoms with Gasteiger partial charge in [-0.3, -0.25) is 4.18 Å². The molecule has 0 amide bonds. The molecule has 0 aromatic carbocycles. The molecule has 0 aliphatic rings. The lowest BCUT2D eigenvalue weighted by Gasteiger charge is -2.01. The van der Waals surface area contributed by atoms with Gasteiger partial charge in [0, 0.05) is 11.2 Å². The largest absolute Gasteiger partial charge is 0.292 e. The minimum absolute atomic E-state index is 0.565. The van der Waals surface area contributed by atoms with Crippen molar-refractivity contribution in [2.45, 2.75) is 71.1 Å². The van der Waals surface area contributed by atoms with Crippen LogP contribution in [0, 0.1) is 0 Å². The van der Waals surface area contributed by atoms with Crippen LogP contribution in [0.4, 0.5) is 0 Å². The molecule has 0 aromatic rings. The lowest BCUT2D eigenvalue weighted by Crippen LogP contribution is -1.91. The standard InChI is InChI=1S/C12H26O2S2/c1-2-3-4-5-6-7-8-9-10-11-12-14-16(13)15/h16H,2-12H2,1H3. The van der Waals surface area contributed by atoms with Crippen LogP contribution in [0.25, 0.3) is 0 Å². The average Bonchev–Trinajstić information content (AvgIpc) is 2.25. The first kappa shape index (κ1) is 16.3. The molecule has 0 saturated carbocycles. The third kappa shape index (κ3) is 14.3. The Morgan fingerprint density at radius 3 is 1.75 bits per heavy atom. The maximum Gasteiger partial charge on any atom is 0.133 e. The van der Waals surface area contributed by atoms with Crippen molar-refractivity contribution < 1.29 is 8.39 Å². The van der Waals surface area contributed by atoms with Crippen molar-refractivity contribution >= 4 is 20.8 Å². The molecule has 0 fully saturated rings. The Morgan fingerprint density at radius 2 is 1.31 bits per heavy atom. The molecule has 0 aliphatic carbocycles. The minimum Gasteiger partial charge on any atom is -0.292 e. The molecule has 16 heavy (non-hydrogen) atoms. The molecule has 0 aliphatic heterocycles. The summed E-state index contributed by atoms with van der Waals surface area (Å²) in [5.74, 6) is 0. The van der Waals surface area contributed by atoms with Gasteiger partial charge in [0.15, 0.2) is 0 Å². The topological polar surface area (TPSA) is 26.3 Å². The highest BCUT2D eigenvalue weighted by atomic mass is 32.8. The van der Waals surface area contributed by atoms with Gasteiger partial charge in [0.05, 0.1) is 6.61 Å². The molecule has 0 bridgehead atoms. The zero-order valence-corrected chi connectivity index (χ0v) is 12.2. The van der Waals surface area contributed by atoms with Crippen LogP contribution in [-0.4, -0.2) is 10.8 Å². The highest BCUT2D eigenvalue weighted by Crippen LogP contribution is 2.10. The lowest BCUT2D eigenvalue weighted by atomic mass is 10.1. The molecule has 0 heterocycles. The van der Waals surface area contributed by atoms with Gasteiger partial charge in [-0.15, -0.1) is 0 Å². The van der Waals surface area contributed by atoms with Crippen LogP contribution in [-0.2, 0) is 25.0 Å². The highest BCUT2D eigenvalue weighted by Gasteiger charge is 1.92. The Bertz CT molecular complexity index is 195. The van der Waals surface area contributed by atoms with Crippen LogP contribution in [0.15, 0.2) is 0 Å². The van der Waals surface area contributed by atoms with Crippen LogP contribution in [0.2, 0.25) is 0 Å². The van der Waals surface area contributed by atoms with Gasteiger partial charge < -0.3 is 0 Å². The number of hydrogen-bond donors (Lipinski definition) is 1. The summed E-state index contributed by atoms with van der Waals surface area (Å²) < 4.78 is 15.3. The van der Waals surface area contributed by atoms with E-state index in [4.69, 9.17) is 4.18 Å². The van der Waals surface area contributed by atoms with E-state index < -0.39 is 9.64 Å². The van der Waals surface area contributed by atoms with Crippen molar-refractivity contribution in [3.63, 3.8) is 0 Å². The SMILES string of the molecule is CCCCCCCCCCCCO[SH](=O)=S. The molecule has 1 unspecified atom stereocenters. The molecule has 0 rings (SSSR count). The van der Waals surface area contributed by atoms with E-state index in [1.807, 2.05) is 0 Å². The van der Waals surface area contributed by atoms with E-state index in [2.05, 4.69) is 18.1 Å². The van der Waals surface area contributed by atoms with Crippen molar-refractivity contribution in [2.24, 2.45) is 0 Å². The fourth-order valence-electron chi connectivity index (χ4n) is 1.73. The van der Waals surface area contributed by atoms with Crippen molar-refractivity contribution in [3.8, 4) is 0 Å². The highest BCUT2D eigenvalue weighted by molar-refractivity contribution is 8.19. The van der Waals surface area contributed by atoms with Gasteiger partial charge in [0.2, 0.25) is 0 Å². The molecule has 0 spiro atoms. The summed E-state index contributed by atoms with van der Waals surface area (Å²) in [5.41, 5.74) is 0. The van der Waals surface area contributed by atoms with Crippen LogP contribution in [0.3, 0.4) is 0 Å². The van der Waals surface area contributed by atoms with Gasteiger partial charge >= 0.3 is 0 Å². The Balaban J connectivity index is 2.93. The molecular weight excluding hydrogens is 240 g/mol. The predicted molar refractivity (Wildman–Crippen MR) is 74.7 cm³/mol. The number of thiol groups is 1. The van der Waals surface area contributed by atoms with Crippen LogP contribution in [0.5, 0.6) is 0 Å². The fourth-order valence-corrected chi connectivity index (χ4v) is 2.23. The van der Waals surface area contributed by atoms with Crippen molar-refractivity contribution in [1.82, 2.24) is 0 Å². The summed E-state index contributed by atoms with van der Waals surface area (Å²) >= 11 is 4.44. The summed E-state index contributed by atoms with van der Waals surface area (Å²) in [6.07, 6.45) is 13.0. The normalized spacial score (nSPS) is 12.8. The Labute approximate surface area is 107 Å². The monoisotopic (exact) mass is 266 g/mol. The van der Waals surface area contributed by atoms with Crippen LogP contribution < -0.4 is 0 Å². The molecule has 1 atom stereocenters. The second-order valence-corrected chi connectivity index (χ2v) is 5.84. The molecule has 4 heteroatoms. The van der Waals surface area contributed by atoms with Gasteiger partial charge in [-0.05, 0) is 6.42 Å². The van der Waals surface area contributed by atoms with Gasteiger partial charge in [0.1, 0.15) is 9.64 Å². The second kappa shape index (κ2) is 13.4. The average molecular weight is 266 g/mol. The fraction of sp³-hybridized carbons (Fsp3) is 1.00. The maximum absolute atomic E-state index is 10.4. The Kier molecular flexibility index (Phi) is 13.7. The third-order valence-corrected chi connectivity index (χ3v) is 3.40. The summed E-state index contributed by atoms with van der Waals surface area (Å²) in [7, 11) is -1.80. The minimum atomic E-state index is -1.80. The molecule has 98 valence electrons. The van der Waals surface area contributed by atoms with E-state index in [0.717, 1.165) is 6.42 Å². The smallest absolute Gasteiger partial charge is 0.133 e. The van der Waals surface area contributed by atoms with Crippen molar-refractivity contribution in [2.75, 3.05) is 6.61 Å². The zero-order valence-electron chi connectivity index (χ0n) is 10.5. The summed E-state index contributed by atoms with van der Waals surface area (Å²) in [6.45, 7) is 2.81. The Morgan fingerprint density at radius 1 is 0.875 bits per heavy atom. The van der Waals surface area contributed by atoms with Crippen LogP contribution in [0.1, 0.15) is 71.1 Å². The quantitative estimate of drug-likeness (QED) is 0.430. The first-order chi connectivity index (χ1) is 7.77. The first-order valence-electron chi connectivity index (χ1n) is 6.54. The second-order valence-electron chi connectivity index (χ2n) is 4.24. The third-order valence-electron chi connectivity index (χ3n) is 2.69. The van der Waals surface area contributed by atoms with Gasteiger partial charge in [-0.2, -0.15) is 0 Å². The Hall–Kier alpha value is 0.330. The van der Waals surface area contributed by atoms with E-state index in [1.165, 1.54) is 57.8 Å². The predicted octanol–water partition coefficient (Wildman–Crippen LogP) is 3.78. The molecule has 0 aromatic heterocycles. The van der Waals surface area contributed by atoms with E-state index in [-0.39, 0.29) is 0 Å². The summed E-state index contributed by atoms with van der Waals surface area (Å²) in [6, 6.07) is 0. The summed E-state index contributed by atoms with van der Waals surface area (Å²) in [4.78, 5) is 0. The van der Waals surface area contributed by atoms with E-state index in [0.29, 0.717) is 6.61 Å². The first-order valence-corrected chi connectivity index (χ1v) is 8.73. The van der Waals surface area contributed by atoms with Gasteiger partial charge in [0.25, 0.3) is 0 Å². The molecule has 0 radical (unpaired) electrons. The summed E-state index contributed by atoms with van der Waals surface area (Å²) in [5, 5.41) is 0. The van der Waals surface area contributed by atoms with E-state index in [9.17, 15) is 4.21 Å². The van der Waals surface area contributed by atoms with Crippen LogP contribution >= 0.6 is 0 Å². The van der Waals surface area contributed by atoms with Crippen molar-refractivity contribution in [3.05, 3.63) is 0 Å². The number of rotatable bonds is 12. The van der Waals surface area contributed by atoms with Gasteiger partial charge in [-0.25, -0.2) is 4.21 Å². The van der Waals surface area contributed by atoms with Gasteiger partial charge in [-0.1, -0.05) is 64.7 Å².